The lowest BCUT2D eigenvalue weighted by atomic mass is 9.78. The maximum Gasteiger partial charge on any atom is 0.224 e. The summed E-state index contributed by atoms with van der Waals surface area (Å²) in [5, 5.41) is 9.98. The molecule has 0 aromatic rings. The van der Waals surface area contributed by atoms with E-state index in [1.54, 1.807) is 0 Å². The number of amides is 3. The first-order chi connectivity index (χ1) is 26.2. The molecule has 0 radical (unpaired) electrons. The molecular weight excluding hydrogens is 667 g/mol. The van der Waals surface area contributed by atoms with Gasteiger partial charge in [0.2, 0.25) is 17.7 Å². The van der Waals surface area contributed by atoms with Gasteiger partial charge in [0, 0.05) is 31.0 Å². The largest absolute Gasteiger partial charge is 0.353 e. The molecule has 3 aliphatic carbocycles. The molecule has 314 valence electrons. The molecule has 3 fully saturated rings. The molecule has 0 spiro atoms. The van der Waals surface area contributed by atoms with Gasteiger partial charge >= 0.3 is 0 Å². The molecule has 6 nitrogen and oxygen atoms in total. The SMILES string of the molecule is CCCCC(CC)CC1CCC(NC(=O)CC(CC(=O)NC2CCC(CC(CC)CCCC)CC2)C(=O)NC2CCC(CC(CC)CCCC)CC2)CC1. The molecule has 3 N–H and O–H groups in total. The molecule has 0 aromatic carbocycles. The molecule has 3 amide bonds. The Bertz CT molecular complexity index is 955. The number of hydrogen-bond donors (Lipinski definition) is 3. The first-order valence-electron chi connectivity index (χ1n) is 24.1. The molecule has 3 aliphatic rings. The highest BCUT2D eigenvalue weighted by Crippen LogP contribution is 2.35. The van der Waals surface area contributed by atoms with Crippen molar-refractivity contribution in [1.82, 2.24) is 16.0 Å². The third-order valence-electron chi connectivity index (χ3n) is 14.5. The van der Waals surface area contributed by atoms with Crippen LogP contribution >= 0.6 is 0 Å². The molecule has 0 saturated heterocycles. The minimum absolute atomic E-state index is 0.0590. The Morgan fingerprint density at radius 3 is 1.02 bits per heavy atom. The van der Waals surface area contributed by atoms with E-state index < -0.39 is 5.92 Å². The van der Waals surface area contributed by atoms with E-state index in [1.165, 1.54) is 135 Å². The van der Waals surface area contributed by atoms with Gasteiger partial charge in [0.15, 0.2) is 0 Å². The van der Waals surface area contributed by atoms with Crippen molar-refractivity contribution in [2.75, 3.05) is 0 Å². The maximum absolute atomic E-state index is 13.9. The highest BCUT2D eigenvalue weighted by Gasteiger charge is 2.32. The number of hydrogen-bond acceptors (Lipinski definition) is 3. The summed E-state index contributed by atoms with van der Waals surface area (Å²) in [6.45, 7) is 13.9. The Labute approximate surface area is 334 Å². The molecule has 0 aromatic heterocycles. The van der Waals surface area contributed by atoms with Gasteiger partial charge < -0.3 is 16.0 Å². The molecule has 54 heavy (non-hydrogen) atoms. The van der Waals surface area contributed by atoms with E-state index >= 15 is 0 Å². The van der Waals surface area contributed by atoms with Crippen molar-refractivity contribution >= 4 is 17.7 Å². The highest BCUT2D eigenvalue weighted by molar-refractivity contribution is 5.90. The van der Waals surface area contributed by atoms with Gasteiger partial charge in [-0.15, -0.1) is 0 Å². The van der Waals surface area contributed by atoms with Crippen LogP contribution < -0.4 is 16.0 Å². The maximum atomic E-state index is 13.9. The van der Waals surface area contributed by atoms with E-state index in [0.29, 0.717) is 0 Å². The summed E-state index contributed by atoms with van der Waals surface area (Å²) in [5.74, 6) is 3.95. The summed E-state index contributed by atoms with van der Waals surface area (Å²) >= 11 is 0. The van der Waals surface area contributed by atoms with Crippen LogP contribution in [0.15, 0.2) is 0 Å². The van der Waals surface area contributed by atoms with E-state index in [1.807, 2.05) is 0 Å². The minimum Gasteiger partial charge on any atom is -0.353 e. The fraction of sp³-hybridized carbons (Fsp3) is 0.938. The summed E-state index contributed by atoms with van der Waals surface area (Å²) in [6.07, 6.45) is 33.0. The third kappa shape index (κ3) is 18.1. The topological polar surface area (TPSA) is 87.3 Å². The van der Waals surface area contributed by atoms with Gasteiger partial charge in [0.05, 0.1) is 5.92 Å². The first kappa shape index (κ1) is 46.8. The van der Waals surface area contributed by atoms with Crippen LogP contribution in [0, 0.1) is 41.4 Å². The van der Waals surface area contributed by atoms with Crippen molar-refractivity contribution in [1.29, 1.82) is 0 Å². The predicted molar refractivity (Wildman–Crippen MR) is 228 cm³/mol. The van der Waals surface area contributed by atoms with E-state index in [4.69, 9.17) is 0 Å². The second kappa shape index (κ2) is 27.1. The van der Waals surface area contributed by atoms with Gasteiger partial charge in [-0.3, -0.25) is 14.4 Å². The molecule has 0 bridgehead atoms. The van der Waals surface area contributed by atoms with Crippen molar-refractivity contribution in [3.8, 4) is 0 Å². The number of unbranched alkanes of at least 4 members (excludes halogenated alkanes) is 3. The quantitative estimate of drug-likeness (QED) is 0.0821. The molecule has 3 unspecified atom stereocenters. The molecule has 3 rings (SSSR count). The van der Waals surface area contributed by atoms with E-state index in [9.17, 15) is 14.4 Å². The van der Waals surface area contributed by atoms with E-state index in [0.717, 1.165) is 74.0 Å². The summed E-state index contributed by atoms with van der Waals surface area (Å²) in [6, 6.07) is 0.522. The lowest BCUT2D eigenvalue weighted by Crippen LogP contribution is -2.46. The number of nitrogens with one attached hydrogen (secondary N) is 3. The van der Waals surface area contributed by atoms with Gasteiger partial charge in [0.25, 0.3) is 0 Å². The second-order valence-electron chi connectivity index (χ2n) is 18.9. The van der Waals surface area contributed by atoms with E-state index in [2.05, 4.69) is 57.5 Å². The lowest BCUT2D eigenvalue weighted by molar-refractivity contribution is -0.134. The molecule has 3 atom stereocenters. The molecule has 0 aliphatic heterocycles. The fourth-order valence-corrected chi connectivity index (χ4v) is 10.6. The second-order valence-corrected chi connectivity index (χ2v) is 18.9. The van der Waals surface area contributed by atoms with Crippen molar-refractivity contribution in [3.63, 3.8) is 0 Å². The van der Waals surface area contributed by atoms with Gasteiger partial charge in [-0.1, -0.05) is 119 Å². The Morgan fingerprint density at radius 1 is 0.444 bits per heavy atom. The minimum atomic E-state index is -0.623. The Morgan fingerprint density at radius 2 is 0.741 bits per heavy atom. The molecule has 6 heteroatoms. The number of carbonyl (C=O) groups excluding carboxylic acids is 3. The van der Waals surface area contributed by atoms with Crippen LogP contribution in [0.1, 0.15) is 228 Å². The van der Waals surface area contributed by atoms with Crippen LogP contribution in [0.3, 0.4) is 0 Å². The van der Waals surface area contributed by atoms with Crippen molar-refractivity contribution in [3.05, 3.63) is 0 Å². The Kier molecular flexibility index (Phi) is 23.5. The average Bonchev–Trinajstić information content (AvgIpc) is 3.18. The summed E-state index contributed by atoms with van der Waals surface area (Å²) < 4.78 is 0. The van der Waals surface area contributed by atoms with Crippen molar-refractivity contribution < 1.29 is 14.4 Å². The van der Waals surface area contributed by atoms with E-state index in [-0.39, 0.29) is 48.7 Å². The van der Waals surface area contributed by atoms with Crippen LogP contribution in [0.25, 0.3) is 0 Å². The smallest absolute Gasteiger partial charge is 0.224 e. The predicted octanol–water partition coefficient (Wildman–Crippen LogP) is 12.2. The van der Waals surface area contributed by atoms with Crippen molar-refractivity contribution in [2.24, 2.45) is 41.4 Å². The van der Waals surface area contributed by atoms with Gasteiger partial charge in [-0.25, -0.2) is 0 Å². The normalized spacial score (nSPS) is 27.0. The zero-order valence-electron chi connectivity index (χ0n) is 36.5. The van der Waals surface area contributed by atoms with Crippen LogP contribution in [0.4, 0.5) is 0 Å². The Hall–Kier alpha value is -1.59. The van der Waals surface area contributed by atoms with Gasteiger partial charge in [-0.2, -0.15) is 0 Å². The number of carbonyl (C=O) groups is 3. The molecule has 0 heterocycles. The molecule has 3 saturated carbocycles. The van der Waals surface area contributed by atoms with Crippen molar-refractivity contribution in [2.45, 2.75) is 246 Å². The van der Waals surface area contributed by atoms with Gasteiger partial charge in [-0.05, 0) is 132 Å². The lowest BCUT2D eigenvalue weighted by Gasteiger charge is -2.33. The summed E-state index contributed by atoms with van der Waals surface area (Å²) in [7, 11) is 0. The zero-order valence-corrected chi connectivity index (χ0v) is 36.5. The van der Waals surface area contributed by atoms with Gasteiger partial charge in [0.1, 0.15) is 0 Å². The highest BCUT2D eigenvalue weighted by atomic mass is 16.2. The third-order valence-corrected chi connectivity index (χ3v) is 14.5. The standard InChI is InChI=1S/C48H89N3O3/c1-7-13-16-36(10-4)31-39-19-25-43(26-20-39)49-46(52)34-42(48(54)51-45-29-23-41(24-30-45)33-38(12-6)18-15-9-3)35-47(53)50-44-27-21-40(22-28-44)32-37(11-5)17-14-8-2/h36-45H,7-35H2,1-6H3,(H,49,52)(H,50,53)(H,51,54). The Balaban J connectivity index is 1.52. The van der Waals surface area contributed by atoms with Crippen LogP contribution in [-0.4, -0.2) is 35.8 Å². The monoisotopic (exact) mass is 756 g/mol. The van der Waals surface area contributed by atoms with Crippen LogP contribution in [0.5, 0.6) is 0 Å². The van der Waals surface area contributed by atoms with Crippen LogP contribution in [-0.2, 0) is 14.4 Å². The summed E-state index contributed by atoms with van der Waals surface area (Å²) in [5.41, 5.74) is 0. The average molecular weight is 756 g/mol. The first-order valence-corrected chi connectivity index (χ1v) is 24.1. The molecular formula is C48H89N3O3. The zero-order chi connectivity index (χ0) is 39.1. The fourth-order valence-electron chi connectivity index (χ4n) is 10.6. The number of rotatable bonds is 26. The van der Waals surface area contributed by atoms with Crippen LogP contribution in [0.2, 0.25) is 0 Å². The summed E-state index contributed by atoms with van der Waals surface area (Å²) in [4.78, 5) is 41.0.